The number of carbonyl (C=O) groups is 2. The van der Waals surface area contributed by atoms with Gasteiger partial charge in [0.25, 0.3) is 0 Å². The molecule has 2 aliphatic carbocycles. The second kappa shape index (κ2) is 11.1. The number of nitriles is 1. The smallest absolute Gasteiger partial charge is 0.410 e. The molecule has 2 saturated carbocycles. The summed E-state index contributed by atoms with van der Waals surface area (Å²) in [6.45, 7) is 3.25. The zero-order chi connectivity index (χ0) is 30.6. The van der Waals surface area contributed by atoms with Gasteiger partial charge in [0.15, 0.2) is 16.1 Å². The highest BCUT2D eigenvalue weighted by atomic mass is 35.5. The number of carbonyl (C=O) groups excluding carboxylic acids is 2. The third-order valence-electron chi connectivity index (χ3n) is 9.11. The largest absolute Gasteiger partial charge is 0.425 e. The molecule has 4 fully saturated rings. The first kappa shape index (κ1) is 30.0. The summed E-state index contributed by atoms with van der Waals surface area (Å²) in [6, 6.07) is 14.1. The van der Waals surface area contributed by atoms with Crippen LogP contribution in [-0.2, 0) is 24.8 Å². The number of piperazine rings is 1. The van der Waals surface area contributed by atoms with Gasteiger partial charge in [0.2, 0.25) is 5.91 Å². The van der Waals surface area contributed by atoms with Crippen LogP contribution in [0.1, 0.15) is 37.7 Å². The van der Waals surface area contributed by atoms with Crippen molar-refractivity contribution in [2.45, 2.75) is 59.4 Å². The standard InChI is InChI=1S/C30H33Cl2N5O5S/c1-35-12-14-36(15-13-35)22-6-7-25(24(32)16-22)43(40,41)23-17-26(42-28(39)34-29(19-33)8-9-29)37(18-23)27(38)30(10-11-30)20-2-4-21(31)5-3-20/h2-7,16,23,26H,8-15,17-18H2,1H3,(H,34,39)/t23-,26+/m1/s1. The molecule has 2 aromatic rings. The Morgan fingerprint density at radius 1 is 1.02 bits per heavy atom. The van der Waals surface area contributed by atoms with Gasteiger partial charge in [-0.3, -0.25) is 4.79 Å². The van der Waals surface area contributed by atoms with Crippen LogP contribution in [0.5, 0.6) is 0 Å². The SMILES string of the molecule is CN1CCN(c2ccc(S(=O)(=O)[C@@H]3C[C@H](OC(=O)NC4(C#N)CC4)N(C(=O)C4(c5ccc(Cl)cc5)CC4)C3)c(Cl)c2)CC1. The molecule has 6 rings (SSSR count). The molecule has 43 heavy (non-hydrogen) atoms. The van der Waals surface area contributed by atoms with Gasteiger partial charge in [-0.25, -0.2) is 13.2 Å². The van der Waals surface area contributed by atoms with Gasteiger partial charge in [-0.05, 0) is 68.6 Å². The molecular formula is C30H33Cl2N5O5S. The number of likely N-dealkylation sites (N-methyl/N-ethyl adjacent to an activating group) is 1. The fourth-order valence-corrected chi connectivity index (χ4v) is 8.35. The summed E-state index contributed by atoms with van der Waals surface area (Å²) in [7, 11) is -1.96. The Morgan fingerprint density at radius 3 is 2.28 bits per heavy atom. The number of benzene rings is 2. The molecule has 0 aromatic heterocycles. The lowest BCUT2D eigenvalue weighted by Gasteiger charge is -2.34. The number of sulfone groups is 1. The molecule has 1 N–H and O–H groups in total. The first-order valence-electron chi connectivity index (χ1n) is 14.4. The summed E-state index contributed by atoms with van der Waals surface area (Å²) in [5.74, 6) is -0.303. The van der Waals surface area contributed by atoms with Gasteiger partial charge in [-0.1, -0.05) is 35.3 Å². The van der Waals surface area contributed by atoms with E-state index in [0.29, 0.717) is 30.7 Å². The van der Waals surface area contributed by atoms with E-state index < -0.39 is 38.4 Å². The van der Waals surface area contributed by atoms with Crippen molar-refractivity contribution < 1.29 is 22.7 Å². The van der Waals surface area contributed by atoms with Gasteiger partial charge in [-0.15, -0.1) is 0 Å². The zero-order valence-electron chi connectivity index (χ0n) is 23.8. The summed E-state index contributed by atoms with van der Waals surface area (Å²) in [5.41, 5.74) is -0.188. The maximum Gasteiger partial charge on any atom is 0.410 e. The first-order valence-corrected chi connectivity index (χ1v) is 16.7. The second-order valence-corrected chi connectivity index (χ2v) is 15.1. The van der Waals surface area contributed by atoms with Crippen molar-refractivity contribution in [2.75, 3.05) is 44.7 Å². The summed E-state index contributed by atoms with van der Waals surface area (Å²) in [4.78, 5) is 32.6. The van der Waals surface area contributed by atoms with Crippen LogP contribution in [0.25, 0.3) is 0 Å². The lowest BCUT2D eigenvalue weighted by atomic mass is 9.94. The number of rotatable bonds is 7. The quantitative estimate of drug-likeness (QED) is 0.480. The van der Waals surface area contributed by atoms with E-state index >= 15 is 0 Å². The predicted molar refractivity (Wildman–Crippen MR) is 162 cm³/mol. The summed E-state index contributed by atoms with van der Waals surface area (Å²) < 4.78 is 33.6. The van der Waals surface area contributed by atoms with E-state index in [1.165, 1.54) is 11.0 Å². The van der Waals surface area contributed by atoms with Crippen LogP contribution < -0.4 is 10.2 Å². The van der Waals surface area contributed by atoms with Gasteiger partial charge in [0.05, 0.1) is 26.7 Å². The Kier molecular flexibility index (Phi) is 7.78. The van der Waals surface area contributed by atoms with Crippen LogP contribution in [-0.4, -0.2) is 87.0 Å². The molecule has 2 heterocycles. The minimum Gasteiger partial charge on any atom is -0.425 e. The van der Waals surface area contributed by atoms with Crippen LogP contribution in [0.4, 0.5) is 10.5 Å². The van der Waals surface area contributed by atoms with Crippen molar-refractivity contribution >= 4 is 50.7 Å². The lowest BCUT2D eigenvalue weighted by molar-refractivity contribution is -0.140. The molecule has 2 aliphatic heterocycles. The monoisotopic (exact) mass is 645 g/mol. The molecule has 0 bridgehead atoms. The van der Waals surface area contributed by atoms with Crippen molar-refractivity contribution in [3.63, 3.8) is 0 Å². The minimum atomic E-state index is -4.02. The Labute approximate surface area is 261 Å². The maximum absolute atomic E-state index is 14.1. The number of nitrogens with one attached hydrogen (secondary N) is 1. The number of likely N-dealkylation sites (tertiary alicyclic amines) is 1. The molecule has 0 unspecified atom stereocenters. The van der Waals surface area contributed by atoms with Crippen molar-refractivity contribution in [1.29, 1.82) is 5.26 Å². The molecule has 10 nitrogen and oxygen atoms in total. The Morgan fingerprint density at radius 2 is 1.70 bits per heavy atom. The topological polar surface area (TPSA) is 123 Å². The molecule has 2 saturated heterocycles. The fourth-order valence-electron chi connectivity index (χ4n) is 6.01. The van der Waals surface area contributed by atoms with Crippen LogP contribution in [0.2, 0.25) is 10.0 Å². The highest BCUT2D eigenvalue weighted by molar-refractivity contribution is 7.92. The van der Waals surface area contributed by atoms with Crippen LogP contribution >= 0.6 is 23.2 Å². The molecule has 0 spiro atoms. The predicted octanol–water partition coefficient (Wildman–Crippen LogP) is 3.96. The first-order chi connectivity index (χ1) is 20.5. The third-order valence-corrected chi connectivity index (χ3v) is 12.0. The number of ether oxygens (including phenoxy) is 1. The average Bonchev–Trinajstić information content (AvgIpc) is 3.91. The average molecular weight is 647 g/mol. The molecule has 2 aromatic carbocycles. The van der Waals surface area contributed by atoms with E-state index in [0.717, 1.165) is 37.4 Å². The van der Waals surface area contributed by atoms with E-state index in [9.17, 15) is 23.3 Å². The van der Waals surface area contributed by atoms with Gasteiger partial charge in [0, 0.05) is 49.9 Å². The molecule has 2 atom stereocenters. The zero-order valence-corrected chi connectivity index (χ0v) is 26.1. The number of amides is 2. The minimum absolute atomic E-state index is 0.0187. The summed E-state index contributed by atoms with van der Waals surface area (Å²) in [6.07, 6.45) is 0.0697. The van der Waals surface area contributed by atoms with Crippen LogP contribution in [0.3, 0.4) is 0 Å². The number of alkyl carbamates (subject to hydrolysis) is 1. The van der Waals surface area contributed by atoms with Gasteiger partial charge >= 0.3 is 6.09 Å². The van der Waals surface area contributed by atoms with Gasteiger partial charge in [0.1, 0.15) is 5.54 Å². The van der Waals surface area contributed by atoms with Gasteiger partial charge in [-0.2, -0.15) is 5.26 Å². The normalized spacial score (nSPS) is 24.2. The fraction of sp³-hybridized carbons (Fsp3) is 0.500. The third kappa shape index (κ3) is 5.78. The molecule has 2 amide bonds. The van der Waals surface area contributed by atoms with Crippen molar-refractivity contribution in [2.24, 2.45) is 0 Å². The number of anilines is 1. The Hall–Kier alpha value is -3.04. The Balaban J connectivity index is 1.25. The van der Waals surface area contributed by atoms with E-state index in [1.54, 1.807) is 36.4 Å². The summed E-state index contributed by atoms with van der Waals surface area (Å²) >= 11 is 12.7. The Bertz CT molecular complexity index is 1580. The van der Waals surface area contributed by atoms with Gasteiger partial charge < -0.3 is 24.8 Å². The number of hydrogen-bond donors (Lipinski definition) is 1. The number of nitrogens with zero attached hydrogens (tertiary/aromatic N) is 4. The van der Waals surface area contributed by atoms with Crippen molar-refractivity contribution in [1.82, 2.24) is 15.1 Å². The highest BCUT2D eigenvalue weighted by Crippen LogP contribution is 2.51. The lowest BCUT2D eigenvalue weighted by Crippen LogP contribution is -2.46. The molecule has 13 heteroatoms. The second-order valence-electron chi connectivity index (χ2n) is 12.0. The highest BCUT2D eigenvalue weighted by Gasteiger charge is 2.57. The van der Waals surface area contributed by atoms with Crippen molar-refractivity contribution in [3.8, 4) is 6.07 Å². The number of halogens is 2. The van der Waals surface area contributed by atoms with E-state index in [2.05, 4.69) is 28.2 Å². The molecule has 0 radical (unpaired) electrons. The van der Waals surface area contributed by atoms with E-state index in [4.69, 9.17) is 27.9 Å². The van der Waals surface area contributed by atoms with E-state index in [1.807, 2.05) is 0 Å². The summed E-state index contributed by atoms with van der Waals surface area (Å²) in [5, 5.41) is 11.6. The van der Waals surface area contributed by atoms with Crippen LogP contribution in [0.15, 0.2) is 47.4 Å². The maximum atomic E-state index is 14.1. The molecule has 228 valence electrons. The van der Waals surface area contributed by atoms with E-state index in [-0.39, 0.29) is 28.8 Å². The van der Waals surface area contributed by atoms with Crippen LogP contribution in [0, 0.1) is 11.3 Å². The molecule has 4 aliphatic rings. The number of hydrogen-bond acceptors (Lipinski definition) is 8. The molecular weight excluding hydrogens is 613 g/mol. The van der Waals surface area contributed by atoms with Crippen molar-refractivity contribution in [3.05, 3.63) is 58.1 Å².